The summed E-state index contributed by atoms with van der Waals surface area (Å²) in [5.74, 6) is -0.0470. The normalized spacial score (nSPS) is 14.9. The Hall–Kier alpha value is -2.08. The van der Waals surface area contributed by atoms with Crippen LogP contribution in [0.2, 0.25) is 5.28 Å². The molecule has 1 aliphatic rings. The summed E-state index contributed by atoms with van der Waals surface area (Å²) < 4.78 is 13.8. The number of nitrogens with zero attached hydrogens (tertiary/aromatic N) is 4. The maximum Gasteiger partial charge on any atom is 0.228 e. The van der Waals surface area contributed by atoms with Crippen LogP contribution in [0.4, 0.5) is 10.2 Å². The first-order valence-corrected chi connectivity index (χ1v) is 6.48. The van der Waals surface area contributed by atoms with Crippen molar-refractivity contribution in [2.75, 3.05) is 11.4 Å². The molecule has 0 spiro atoms. The maximum atomic E-state index is 13.8. The van der Waals surface area contributed by atoms with Crippen LogP contribution in [-0.2, 0) is 4.79 Å². The first-order chi connectivity index (χ1) is 9.65. The third-order valence-corrected chi connectivity index (χ3v) is 3.27. The Balaban J connectivity index is 2.03. The van der Waals surface area contributed by atoms with Crippen molar-refractivity contribution in [2.24, 2.45) is 0 Å². The van der Waals surface area contributed by atoms with Crippen molar-refractivity contribution in [1.82, 2.24) is 15.0 Å². The Bertz CT molecular complexity index is 679. The largest absolute Gasteiger partial charge is 0.297 e. The van der Waals surface area contributed by atoms with Gasteiger partial charge >= 0.3 is 0 Å². The second-order valence-corrected chi connectivity index (χ2v) is 4.73. The number of carbonyl (C=O) groups excluding carboxylic acids is 1. The molecule has 0 bridgehead atoms. The van der Waals surface area contributed by atoms with E-state index in [2.05, 4.69) is 15.0 Å². The molecule has 1 aliphatic heterocycles. The van der Waals surface area contributed by atoms with Gasteiger partial charge < -0.3 is 0 Å². The average Bonchev–Trinajstić information content (AvgIpc) is 2.88. The number of hydrogen-bond acceptors (Lipinski definition) is 4. The van der Waals surface area contributed by atoms with E-state index in [9.17, 15) is 9.18 Å². The van der Waals surface area contributed by atoms with Gasteiger partial charge in [0.1, 0.15) is 11.5 Å². The molecule has 1 saturated heterocycles. The van der Waals surface area contributed by atoms with E-state index in [0.717, 1.165) is 12.6 Å². The Labute approximate surface area is 119 Å². The van der Waals surface area contributed by atoms with Crippen LogP contribution in [0, 0.1) is 5.82 Å². The fourth-order valence-electron chi connectivity index (χ4n) is 2.15. The van der Waals surface area contributed by atoms with Gasteiger partial charge in [-0.2, -0.15) is 0 Å². The lowest BCUT2D eigenvalue weighted by Crippen LogP contribution is -2.24. The quantitative estimate of drug-likeness (QED) is 0.798. The van der Waals surface area contributed by atoms with Crippen LogP contribution in [0.1, 0.15) is 12.8 Å². The smallest absolute Gasteiger partial charge is 0.228 e. The molecule has 7 heteroatoms. The molecular formula is C13H10ClFN4O. The van der Waals surface area contributed by atoms with Gasteiger partial charge in [0.25, 0.3) is 0 Å². The van der Waals surface area contributed by atoms with Gasteiger partial charge in [-0.05, 0) is 30.2 Å². The fourth-order valence-corrected chi connectivity index (χ4v) is 2.29. The molecule has 0 N–H and O–H groups in total. The highest BCUT2D eigenvalue weighted by molar-refractivity contribution is 6.28. The van der Waals surface area contributed by atoms with Crippen molar-refractivity contribution < 1.29 is 9.18 Å². The van der Waals surface area contributed by atoms with E-state index in [4.69, 9.17) is 11.6 Å². The summed E-state index contributed by atoms with van der Waals surface area (Å²) in [5, 5.41) is -0.0305. The molecular weight excluding hydrogens is 283 g/mol. The lowest BCUT2D eigenvalue weighted by atomic mass is 10.2. The third kappa shape index (κ3) is 2.34. The van der Waals surface area contributed by atoms with E-state index < -0.39 is 5.82 Å². The SMILES string of the molecule is O=C1CCCN1c1cc(-c2nc(Cl)ncc2F)ccn1. The summed E-state index contributed by atoms with van der Waals surface area (Å²) in [4.78, 5) is 24.9. The van der Waals surface area contributed by atoms with Crippen molar-refractivity contribution in [2.45, 2.75) is 12.8 Å². The number of hydrogen-bond donors (Lipinski definition) is 0. The summed E-state index contributed by atoms with van der Waals surface area (Å²) in [7, 11) is 0. The predicted molar refractivity (Wildman–Crippen MR) is 71.8 cm³/mol. The van der Waals surface area contributed by atoms with Gasteiger partial charge in [-0.25, -0.2) is 19.3 Å². The maximum absolute atomic E-state index is 13.8. The van der Waals surface area contributed by atoms with Gasteiger partial charge in [0.05, 0.1) is 6.20 Å². The van der Waals surface area contributed by atoms with Crippen LogP contribution in [0.3, 0.4) is 0 Å². The topological polar surface area (TPSA) is 59.0 Å². The molecule has 0 atom stereocenters. The first-order valence-electron chi connectivity index (χ1n) is 6.10. The number of pyridine rings is 1. The Morgan fingerprint density at radius 1 is 1.35 bits per heavy atom. The van der Waals surface area contributed by atoms with Crippen molar-refractivity contribution in [3.8, 4) is 11.3 Å². The predicted octanol–water partition coefficient (Wildman–Crippen LogP) is 2.46. The molecule has 0 aromatic carbocycles. The van der Waals surface area contributed by atoms with Crippen molar-refractivity contribution >= 4 is 23.3 Å². The van der Waals surface area contributed by atoms with Gasteiger partial charge in [-0.3, -0.25) is 9.69 Å². The molecule has 0 unspecified atom stereocenters. The van der Waals surface area contributed by atoms with E-state index in [0.29, 0.717) is 24.3 Å². The van der Waals surface area contributed by atoms with E-state index in [1.165, 1.54) is 6.20 Å². The lowest BCUT2D eigenvalue weighted by Gasteiger charge is -2.15. The van der Waals surface area contributed by atoms with E-state index in [1.54, 1.807) is 17.0 Å². The zero-order valence-corrected chi connectivity index (χ0v) is 11.1. The van der Waals surface area contributed by atoms with Crippen LogP contribution < -0.4 is 4.90 Å². The number of halogens is 2. The summed E-state index contributed by atoms with van der Waals surface area (Å²) in [6.07, 6.45) is 3.86. The van der Waals surface area contributed by atoms with E-state index >= 15 is 0 Å². The first kappa shape index (κ1) is 12.9. The second-order valence-electron chi connectivity index (χ2n) is 4.39. The number of rotatable bonds is 2. The summed E-state index contributed by atoms with van der Waals surface area (Å²) in [6.45, 7) is 0.627. The van der Waals surface area contributed by atoms with Crippen LogP contribution >= 0.6 is 11.6 Å². The lowest BCUT2D eigenvalue weighted by molar-refractivity contribution is -0.117. The molecule has 0 aliphatic carbocycles. The van der Waals surface area contributed by atoms with E-state index in [-0.39, 0.29) is 16.9 Å². The Morgan fingerprint density at radius 3 is 2.95 bits per heavy atom. The Morgan fingerprint density at radius 2 is 2.20 bits per heavy atom. The minimum atomic E-state index is -0.570. The van der Waals surface area contributed by atoms with Gasteiger partial charge in [-0.15, -0.1) is 0 Å². The highest BCUT2D eigenvalue weighted by atomic mass is 35.5. The minimum absolute atomic E-state index is 0.0239. The second kappa shape index (κ2) is 5.13. The van der Waals surface area contributed by atoms with Crippen molar-refractivity contribution in [1.29, 1.82) is 0 Å². The van der Waals surface area contributed by atoms with Crippen molar-refractivity contribution in [3.05, 3.63) is 35.6 Å². The standard InChI is InChI=1S/C13H10ClFN4O/c14-13-17-7-9(15)12(18-13)8-3-4-16-10(6-8)19-5-1-2-11(19)20/h3-4,6-7H,1-2,5H2. The fraction of sp³-hybridized carbons (Fsp3) is 0.231. The zero-order chi connectivity index (χ0) is 14.1. The molecule has 2 aromatic rings. The average molecular weight is 293 g/mol. The molecule has 20 heavy (non-hydrogen) atoms. The molecule has 0 saturated carbocycles. The Kier molecular flexibility index (Phi) is 3.31. The molecule has 1 fully saturated rings. The van der Waals surface area contributed by atoms with Crippen LogP contribution in [-0.4, -0.2) is 27.4 Å². The van der Waals surface area contributed by atoms with Gasteiger partial charge in [0, 0.05) is 24.7 Å². The summed E-state index contributed by atoms with van der Waals surface area (Å²) in [5.41, 5.74) is 0.608. The molecule has 1 amide bonds. The molecule has 3 rings (SSSR count). The highest BCUT2D eigenvalue weighted by Crippen LogP contribution is 2.26. The van der Waals surface area contributed by atoms with Gasteiger partial charge in [0.15, 0.2) is 5.82 Å². The molecule has 5 nitrogen and oxygen atoms in total. The summed E-state index contributed by atoms with van der Waals surface area (Å²) in [6, 6.07) is 3.25. The summed E-state index contributed by atoms with van der Waals surface area (Å²) >= 11 is 5.69. The highest BCUT2D eigenvalue weighted by Gasteiger charge is 2.23. The number of amides is 1. The number of carbonyl (C=O) groups is 1. The molecule has 2 aromatic heterocycles. The molecule has 0 radical (unpaired) electrons. The molecule has 3 heterocycles. The minimum Gasteiger partial charge on any atom is -0.297 e. The van der Waals surface area contributed by atoms with E-state index in [1.807, 2.05) is 0 Å². The van der Waals surface area contributed by atoms with Crippen molar-refractivity contribution in [3.63, 3.8) is 0 Å². The van der Waals surface area contributed by atoms with Crippen LogP contribution in [0.15, 0.2) is 24.5 Å². The number of aromatic nitrogens is 3. The van der Waals surface area contributed by atoms with Gasteiger partial charge in [0.2, 0.25) is 11.2 Å². The number of anilines is 1. The zero-order valence-electron chi connectivity index (χ0n) is 10.4. The van der Waals surface area contributed by atoms with Crippen LogP contribution in [0.5, 0.6) is 0 Å². The van der Waals surface area contributed by atoms with Gasteiger partial charge in [-0.1, -0.05) is 0 Å². The van der Waals surface area contributed by atoms with Crippen LogP contribution in [0.25, 0.3) is 11.3 Å². The molecule has 102 valence electrons. The third-order valence-electron chi connectivity index (χ3n) is 3.08. The monoisotopic (exact) mass is 292 g/mol.